The van der Waals surface area contributed by atoms with Gasteiger partial charge in [0.1, 0.15) is 5.78 Å². The molecule has 0 aromatic carbocycles. The molecule has 1 aliphatic carbocycles. The minimum Gasteiger partial charge on any atom is -0.465 e. The van der Waals surface area contributed by atoms with E-state index in [0.717, 1.165) is 0 Å². The van der Waals surface area contributed by atoms with Crippen LogP contribution >= 0.6 is 0 Å². The number of carbonyl (C=O) groups is 2. The van der Waals surface area contributed by atoms with Crippen molar-refractivity contribution in [2.75, 3.05) is 6.61 Å². The van der Waals surface area contributed by atoms with Crippen LogP contribution in [0.25, 0.3) is 0 Å². The third kappa shape index (κ3) is 2.89. The molecule has 0 spiro atoms. The smallest absolute Gasteiger partial charge is 0.327 e. The lowest BCUT2D eigenvalue weighted by Crippen LogP contribution is -2.57. The lowest BCUT2D eigenvalue weighted by Gasteiger charge is -2.42. The molecule has 1 fully saturated rings. The second-order valence-corrected chi connectivity index (χ2v) is 5.73. The van der Waals surface area contributed by atoms with E-state index in [2.05, 4.69) is 0 Å². The van der Waals surface area contributed by atoms with Crippen molar-refractivity contribution >= 4 is 11.8 Å². The Morgan fingerprint density at radius 3 is 2.52 bits per heavy atom. The van der Waals surface area contributed by atoms with Crippen molar-refractivity contribution in [3.8, 4) is 6.07 Å². The van der Waals surface area contributed by atoms with Gasteiger partial charge >= 0.3 is 5.97 Å². The highest BCUT2D eigenvalue weighted by molar-refractivity contribution is 5.83. The van der Waals surface area contributed by atoms with Crippen molar-refractivity contribution in [1.82, 2.24) is 0 Å². The van der Waals surface area contributed by atoms with Gasteiger partial charge in [-0.05, 0) is 26.7 Å². The summed E-state index contributed by atoms with van der Waals surface area (Å²) in [7, 11) is 0. The zero-order valence-electron chi connectivity index (χ0n) is 12.5. The van der Waals surface area contributed by atoms with Crippen LogP contribution in [0.4, 0.5) is 0 Å². The number of nitro groups is 1. The number of esters is 1. The van der Waals surface area contributed by atoms with Gasteiger partial charge in [0.2, 0.25) is 5.54 Å². The molecule has 0 aromatic rings. The Balaban J connectivity index is 3.38. The number of Topliss-reactive ketones (excluding diaryl/α,β-unsaturated/α-hetero) is 1. The average molecular weight is 296 g/mol. The van der Waals surface area contributed by atoms with Crippen molar-refractivity contribution in [3.63, 3.8) is 0 Å². The van der Waals surface area contributed by atoms with Crippen LogP contribution < -0.4 is 0 Å². The summed E-state index contributed by atoms with van der Waals surface area (Å²) in [6.45, 7) is 4.41. The Labute approximate surface area is 123 Å². The molecular formula is C14H20N2O5. The SMILES string of the molecule is CCOC(=O)[C@@]1(C#N)CCC[C@@](C)([N+](=O)[O-])[C@@H]1CC(C)=O. The fourth-order valence-corrected chi connectivity index (χ4v) is 3.19. The van der Waals surface area contributed by atoms with E-state index in [0.29, 0.717) is 6.42 Å². The second-order valence-electron chi connectivity index (χ2n) is 5.73. The van der Waals surface area contributed by atoms with Gasteiger partial charge in [-0.3, -0.25) is 14.9 Å². The maximum Gasteiger partial charge on any atom is 0.327 e. The van der Waals surface area contributed by atoms with Gasteiger partial charge in [-0.1, -0.05) is 0 Å². The summed E-state index contributed by atoms with van der Waals surface area (Å²) >= 11 is 0. The summed E-state index contributed by atoms with van der Waals surface area (Å²) in [5, 5.41) is 21.0. The van der Waals surface area contributed by atoms with E-state index in [1.165, 1.54) is 13.8 Å². The first-order valence-corrected chi connectivity index (χ1v) is 6.97. The van der Waals surface area contributed by atoms with Crippen LogP contribution in [-0.2, 0) is 14.3 Å². The fourth-order valence-electron chi connectivity index (χ4n) is 3.19. The predicted molar refractivity (Wildman–Crippen MR) is 72.7 cm³/mol. The van der Waals surface area contributed by atoms with Crippen LogP contribution in [-0.4, -0.2) is 28.8 Å². The number of carbonyl (C=O) groups excluding carboxylic acids is 2. The highest BCUT2D eigenvalue weighted by Crippen LogP contribution is 2.50. The van der Waals surface area contributed by atoms with E-state index in [1.807, 2.05) is 6.07 Å². The first-order chi connectivity index (χ1) is 9.74. The highest BCUT2D eigenvalue weighted by Gasteiger charge is 2.63. The molecule has 7 nitrogen and oxygen atoms in total. The number of rotatable bonds is 5. The third-order valence-electron chi connectivity index (χ3n) is 4.35. The molecule has 1 rings (SSSR count). The van der Waals surface area contributed by atoms with Gasteiger partial charge in [0, 0.05) is 24.7 Å². The van der Waals surface area contributed by atoms with E-state index in [9.17, 15) is 25.0 Å². The maximum atomic E-state index is 12.3. The molecule has 0 amide bonds. The highest BCUT2D eigenvalue weighted by atomic mass is 16.6. The molecule has 0 saturated heterocycles. The number of nitriles is 1. The molecule has 3 atom stereocenters. The molecule has 0 radical (unpaired) electrons. The molecule has 0 N–H and O–H groups in total. The van der Waals surface area contributed by atoms with Crippen molar-refractivity contribution in [2.24, 2.45) is 11.3 Å². The third-order valence-corrected chi connectivity index (χ3v) is 4.35. The molecule has 0 heterocycles. The minimum atomic E-state index is -1.62. The Morgan fingerprint density at radius 2 is 2.10 bits per heavy atom. The van der Waals surface area contributed by atoms with Crippen LogP contribution in [0.2, 0.25) is 0 Å². The zero-order chi connectivity index (χ0) is 16.3. The van der Waals surface area contributed by atoms with Gasteiger partial charge < -0.3 is 9.53 Å². The van der Waals surface area contributed by atoms with Crippen LogP contribution in [0.15, 0.2) is 0 Å². The van der Waals surface area contributed by atoms with Crippen molar-refractivity contribution < 1.29 is 19.2 Å². The van der Waals surface area contributed by atoms with E-state index in [-0.39, 0.29) is 31.7 Å². The molecular weight excluding hydrogens is 276 g/mol. The Hall–Kier alpha value is -1.97. The Morgan fingerprint density at radius 1 is 1.48 bits per heavy atom. The van der Waals surface area contributed by atoms with Gasteiger partial charge in [0.05, 0.1) is 18.6 Å². The van der Waals surface area contributed by atoms with Gasteiger partial charge in [0.25, 0.3) is 0 Å². The number of hydrogen-bond donors (Lipinski definition) is 0. The normalized spacial score (nSPS) is 32.0. The molecule has 0 bridgehead atoms. The van der Waals surface area contributed by atoms with Crippen LogP contribution in [0, 0.1) is 32.8 Å². The lowest BCUT2D eigenvalue weighted by atomic mass is 9.58. The molecule has 21 heavy (non-hydrogen) atoms. The molecule has 0 unspecified atom stereocenters. The Kier molecular flexibility index (Phi) is 5.05. The molecule has 1 saturated carbocycles. The lowest BCUT2D eigenvalue weighted by molar-refractivity contribution is -0.583. The molecule has 0 aliphatic heterocycles. The predicted octanol–water partition coefficient (Wildman–Crippen LogP) is 1.87. The Bertz CT molecular complexity index is 498. The summed E-state index contributed by atoms with van der Waals surface area (Å²) in [6.07, 6.45) is 0.618. The number of hydrogen-bond acceptors (Lipinski definition) is 6. The summed E-state index contributed by atoms with van der Waals surface area (Å²) in [5.74, 6) is -2.01. The van der Waals surface area contributed by atoms with E-state index < -0.39 is 27.8 Å². The van der Waals surface area contributed by atoms with Crippen molar-refractivity contribution in [2.45, 2.75) is 52.0 Å². The summed E-state index contributed by atoms with van der Waals surface area (Å²) in [6, 6.07) is 1.94. The van der Waals surface area contributed by atoms with Crippen LogP contribution in [0.3, 0.4) is 0 Å². The maximum absolute atomic E-state index is 12.3. The standard InChI is InChI=1S/C14H20N2O5/c1-4-21-12(18)14(9-15)7-5-6-13(3,16(19)20)11(14)8-10(2)17/h11H,4-8H2,1-3H3/t11-,13+,14+/m0/s1. The topological polar surface area (TPSA) is 110 Å². The fraction of sp³-hybridized carbons (Fsp3) is 0.786. The summed E-state index contributed by atoms with van der Waals surface area (Å²) in [4.78, 5) is 34.8. The van der Waals surface area contributed by atoms with Gasteiger partial charge in [0.15, 0.2) is 5.41 Å². The largest absolute Gasteiger partial charge is 0.465 e. The first-order valence-electron chi connectivity index (χ1n) is 6.97. The van der Waals surface area contributed by atoms with E-state index in [4.69, 9.17) is 4.74 Å². The number of ketones is 1. The quantitative estimate of drug-likeness (QED) is 0.435. The average Bonchev–Trinajstić information content (AvgIpc) is 2.41. The number of nitrogens with zero attached hydrogens (tertiary/aromatic N) is 2. The molecule has 116 valence electrons. The van der Waals surface area contributed by atoms with Crippen molar-refractivity contribution in [3.05, 3.63) is 10.1 Å². The van der Waals surface area contributed by atoms with Crippen LogP contribution in [0.5, 0.6) is 0 Å². The van der Waals surface area contributed by atoms with Crippen molar-refractivity contribution in [1.29, 1.82) is 5.26 Å². The summed E-state index contributed by atoms with van der Waals surface area (Å²) < 4.78 is 4.97. The summed E-state index contributed by atoms with van der Waals surface area (Å²) in [5.41, 5.74) is -3.10. The van der Waals surface area contributed by atoms with Gasteiger partial charge in [-0.25, -0.2) is 0 Å². The van der Waals surface area contributed by atoms with E-state index >= 15 is 0 Å². The first kappa shape index (κ1) is 17.1. The minimum absolute atomic E-state index is 0.0875. The molecule has 1 aliphatic rings. The van der Waals surface area contributed by atoms with Crippen LogP contribution in [0.1, 0.15) is 46.5 Å². The number of ether oxygens (including phenoxy) is 1. The molecule has 0 aromatic heterocycles. The molecule has 7 heteroatoms. The van der Waals surface area contributed by atoms with E-state index in [1.54, 1.807) is 6.92 Å². The second kappa shape index (κ2) is 6.20. The van der Waals surface area contributed by atoms with Gasteiger partial charge in [-0.15, -0.1) is 0 Å². The zero-order valence-corrected chi connectivity index (χ0v) is 12.5. The van der Waals surface area contributed by atoms with Gasteiger partial charge in [-0.2, -0.15) is 5.26 Å². The monoisotopic (exact) mass is 296 g/mol.